The number of hydrogen-bond donors (Lipinski definition) is 0. The molecule has 10 heteroatoms. The number of benzene rings is 1. The fourth-order valence-corrected chi connectivity index (χ4v) is 1.77. The van der Waals surface area contributed by atoms with Crippen LogP contribution in [0.4, 0.5) is 39.5 Å². The minimum absolute atomic E-state index is 0.114. The second-order valence-electron chi connectivity index (χ2n) is 3.88. The van der Waals surface area contributed by atoms with Crippen molar-refractivity contribution in [1.82, 2.24) is 0 Å². The molecule has 0 N–H and O–H groups in total. The largest absolute Gasteiger partial charge is 0.417 e. The molecule has 0 aliphatic heterocycles. The smallest absolute Gasteiger partial charge is 0.303 e. The highest BCUT2D eigenvalue weighted by atomic mass is 19.4. The molecular formula is C11H5F9O. The van der Waals surface area contributed by atoms with Gasteiger partial charge in [0.25, 0.3) is 0 Å². The predicted octanol–water partition coefficient (Wildman–Crippen LogP) is 4.48. The molecule has 0 spiro atoms. The Morgan fingerprint density at radius 1 is 0.762 bits per heavy atom. The van der Waals surface area contributed by atoms with E-state index >= 15 is 0 Å². The van der Waals surface area contributed by atoms with Crippen LogP contribution < -0.4 is 0 Å². The van der Waals surface area contributed by atoms with E-state index in [4.69, 9.17) is 0 Å². The third-order valence-corrected chi connectivity index (χ3v) is 2.49. The van der Waals surface area contributed by atoms with Gasteiger partial charge >= 0.3 is 18.5 Å². The van der Waals surface area contributed by atoms with Crippen molar-refractivity contribution in [2.75, 3.05) is 0 Å². The summed E-state index contributed by atoms with van der Waals surface area (Å²) in [7, 11) is 0. The first-order valence-electron chi connectivity index (χ1n) is 5.11. The summed E-state index contributed by atoms with van der Waals surface area (Å²) >= 11 is 0. The maximum absolute atomic E-state index is 12.7. The highest BCUT2D eigenvalue weighted by Gasteiger charge is 2.47. The Labute approximate surface area is 111 Å². The summed E-state index contributed by atoms with van der Waals surface area (Å²) in [6.45, 7) is 0. The number of alkyl halides is 9. The van der Waals surface area contributed by atoms with Crippen molar-refractivity contribution in [3.63, 3.8) is 0 Å². The predicted molar refractivity (Wildman–Crippen MR) is 51.2 cm³/mol. The lowest BCUT2D eigenvalue weighted by Crippen LogP contribution is -2.23. The second-order valence-corrected chi connectivity index (χ2v) is 3.88. The van der Waals surface area contributed by atoms with Gasteiger partial charge in [0.15, 0.2) is 0 Å². The van der Waals surface area contributed by atoms with Crippen molar-refractivity contribution in [2.45, 2.75) is 24.9 Å². The van der Waals surface area contributed by atoms with Crippen LogP contribution in [0.5, 0.6) is 0 Å². The lowest BCUT2D eigenvalue weighted by atomic mass is 9.93. The van der Waals surface area contributed by atoms with Gasteiger partial charge in [-0.25, -0.2) is 0 Å². The van der Waals surface area contributed by atoms with Crippen LogP contribution in [0.2, 0.25) is 0 Å². The molecular weight excluding hydrogens is 319 g/mol. The van der Waals surface area contributed by atoms with Crippen LogP contribution in [0.1, 0.15) is 22.3 Å². The van der Waals surface area contributed by atoms with E-state index in [0.717, 1.165) is 0 Å². The van der Waals surface area contributed by atoms with Gasteiger partial charge in [-0.15, -0.1) is 0 Å². The minimum atomic E-state index is -5.69. The molecule has 1 nitrogen and oxygen atoms in total. The Bertz CT molecular complexity index is 536. The molecule has 0 saturated carbocycles. The first kappa shape index (κ1) is 17.3. The number of rotatable bonds is 2. The van der Waals surface area contributed by atoms with E-state index < -0.39 is 47.2 Å². The standard InChI is InChI=1S/C11H5F9O/c12-9(13,14)6-1-2-7(10(15,16)17)8(11(18,19)20)5(6)3-4-21/h1-2,4H,3H2. The van der Waals surface area contributed by atoms with Crippen LogP contribution in [0.3, 0.4) is 0 Å². The van der Waals surface area contributed by atoms with Crippen LogP contribution in [0.25, 0.3) is 0 Å². The van der Waals surface area contributed by atoms with Crippen LogP contribution in [-0.4, -0.2) is 6.29 Å². The molecule has 1 aromatic carbocycles. The van der Waals surface area contributed by atoms with Gasteiger partial charge in [0.1, 0.15) is 6.29 Å². The average Bonchev–Trinajstić information content (AvgIpc) is 2.24. The second kappa shape index (κ2) is 5.23. The fraction of sp³-hybridized carbons (Fsp3) is 0.364. The van der Waals surface area contributed by atoms with Crippen LogP contribution >= 0.6 is 0 Å². The monoisotopic (exact) mass is 324 g/mol. The molecule has 0 aliphatic rings. The van der Waals surface area contributed by atoms with Crippen LogP contribution in [0, 0.1) is 0 Å². The summed E-state index contributed by atoms with van der Waals surface area (Å²) in [5, 5.41) is 0. The molecule has 118 valence electrons. The molecule has 0 saturated heterocycles. The maximum Gasteiger partial charge on any atom is 0.417 e. The number of hydrogen-bond acceptors (Lipinski definition) is 1. The number of carbonyl (C=O) groups is 1. The highest BCUT2D eigenvalue weighted by molar-refractivity contribution is 5.60. The highest BCUT2D eigenvalue weighted by Crippen LogP contribution is 2.45. The van der Waals surface area contributed by atoms with Crippen molar-refractivity contribution in [1.29, 1.82) is 0 Å². The average molecular weight is 324 g/mol. The van der Waals surface area contributed by atoms with Crippen molar-refractivity contribution < 1.29 is 44.3 Å². The van der Waals surface area contributed by atoms with Crippen molar-refractivity contribution in [3.8, 4) is 0 Å². The summed E-state index contributed by atoms with van der Waals surface area (Å²) in [6.07, 6.45) is -18.3. The molecule has 0 amide bonds. The van der Waals surface area contributed by atoms with E-state index in [0.29, 0.717) is 0 Å². The maximum atomic E-state index is 12.7. The molecule has 1 aromatic rings. The van der Waals surface area contributed by atoms with E-state index in [1.807, 2.05) is 0 Å². The molecule has 0 aliphatic carbocycles. The molecule has 0 heterocycles. The van der Waals surface area contributed by atoms with Gasteiger partial charge in [-0.1, -0.05) is 0 Å². The molecule has 0 atom stereocenters. The summed E-state index contributed by atoms with van der Waals surface area (Å²) in [5.41, 5.74) is -8.41. The lowest BCUT2D eigenvalue weighted by Gasteiger charge is -2.22. The fourth-order valence-electron chi connectivity index (χ4n) is 1.77. The Morgan fingerprint density at radius 3 is 1.52 bits per heavy atom. The van der Waals surface area contributed by atoms with Gasteiger partial charge in [-0.05, 0) is 17.7 Å². The third kappa shape index (κ3) is 3.67. The van der Waals surface area contributed by atoms with E-state index in [1.54, 1.807) is 0 Å². The normalized spacial score (nSPS) is 13.4. The van der Waals surface area contributed by atoms with E-state index in [-0.39, 0.29) is 18.4 Å². The zero-order chi connectivity index (χ0) is 16.6. The Kier molecular flexibility index (Phi) is 4.31. The summed E-state index contributed by atoms with van der Waals surface area (Å²) in [6, 6.07) is -0.406. The number of halogens is 9. The molecule has 0 aromatic heterocycles. The molecule has 0 radical (unpaired) electrons. The van der Waals surface area contributed by atoms with Gasteiger partial charge in [0, 0.05) is 6.42 Å². The van der Waals surface area contributed by atoms with Crippen molar-refractivity contribution in [2.24, 2.45) is 0 Å². The summed E-state index contributed by atoms with van der Waals surface area (Å²) in [5.74, 6) is 0. The lowest BCUT2D eigenvalue weighted by molar-refractivity contribution is -0.164. The number of aldehydes is 1. The topological polar surface area (TPSA) is 17.1 Å². The first-order valence-corrected chi connectivity index (χ1v) is 5.11. The number of carbonyl (C=O) groups excluding carboxylic acids is 1. The van der Waals surface area contributed by atoms with Gasteiger partial charge in [0.2, 0.25) is 0 Å². The van der Waals surface area contributed by atoms with Gasteiger partial charge < -0.3 is 4.79 Å². The Hall–Kier alpha value is -1.74. The van der Waals surface area contributed by atoms with E-state index in [2.05, 4.69) is 0 Å². The van der Waals surface area contributed by atoms with Gasteiger partial charge in [-0.3, -0.25) is 0 Å². The first-order chi connectivity index (χ1) is 9.30. The Morgan fingerprint density at radius 2 is 1.19 bits per heavy atom. The SMILES string of the molecule is O=CCc1c(C(F)(F)F)ccc(C(F)(F)F)c1C(F)(F)F. The Balaban J connectivity index is 3.84. The summed E-state index contributed by atoms with van der Waals surface area (Å²) in [4.78, 5) is 10.3. The summed E-state index contributed by atoms with van der Waals surface area (Å²) < 4.78 is 114. The van der Waals surface area contributed by atoms with Crippen molar-refractivity contribution >= 4 is 6.29 Å². The molecule has 1 rings (SSSR count). The van der Waals surface area contributed by atoms with Crippen LogP contribution in [0.15, 0.2) is 12.1 Å². The molecule has 0 bridgehead atoms. The van der Waals surface area contributed by atoms with E-state index in [9.17, 15) is 44.3 Å². The quantitative estimate of drug-likeness (QED) is 0.579. The van der Waals surface area contributed by atoms with Gasteiger partial charge in [0.05, 0.1) is 16.7 Å². The molecule has 21 heavy (non-hydrogen) atoms. The molecule has 0 unspecified atom stereocenters. The minimum Gasteiger partial charge on any atom is -0.303 e. The van der Waals surface area contributed by atoms with Gasteiger partial charge in [-0.2, -0.15) is 39.5 Å². The third-order valence-electron chi connectivity index (χ3n) is 2.49. The zero-order valence-corrected chi connectivity index (χ0v) is 9.75. The molecule has 0 fully saturated rings. The van der Waals surface area contributed by atoms with E-state index in [1.165, 1.54) is 0 Å². The van der Waals surface area contributed by atoms with Crippen molar-refractivity contribution in [3.05, 3.63) is 34.4 Å². The zero-order valence-electron chi connectivity index (χ0n) is 9.75. The van der Waals surface area contributed by atoms with Crippen LogP contribution in [-0.2, 0) is 29.7 Å².